The van der Waals surface area contributed by atoms with Crippen LogP contribution in [0.4, 0.5) is 4.39 Å². The van der Waals surface area contributed by atoms with Gasteiger partial charge in [0.05, 0.1) is 18.9 Å². The predicted molar refractivity (Wildman–Crippen MR) is 108 cm³/mol. The van der Waals surface area contributed by atoms with E-state index in [9.17, 15) is 14.0 Å². The molecule has 0 fully saturated rings. The summed E-state index contributed by atoms with van der Waals surface area (Å²) in [6.45, 7) is 0.914. The van der Waals surface area contributed by atoms with Crippen LogP contribution in [-0.4, -0.2) is 28.9 Å². The second-order valence-corrected chi connectivity index (χ2v) is 6.79. The van der Waals surface area contributed by atoms with E-state index in [4.69, 9.17) is 9.47 Å². The molecule has 2 aromatic carbocycles. The lowest BCUT2D eigenvalue weighted by molar-refractivity contribution is -0.122. The minimum atomic E-state index is -0.441. The molecule has 154 valence electrons. The van der Waals surface area contributed by atoms with Crippen LogP contribution >= 0.6 is 0 Å². The molecule has 1 amide bonds. The number of carbonyl (C=O) groups excluding carboxylic acids is 1. The minimum Gasteiger partial charge on any atom is -0.490 e. The van der Waals surface area contributed by atoms with Gasteiger partial charge < -0.3 is 14.8 Å². The third-order valence-electron chi connectivity index (χ3n) is 4.64. The van der Waals surface area contributed by atoms with Crippen LogP contribution in [0.3, 0.4) is 0 Å². The molecule has 0 spiro atoms. The molecule has 1 aromatic heterocycles. The van der Waals surface area contributed by atoms with Gasteiger partial charge in [-0.2, -0.15) is 5.10 Å². The Morgan fingerprint density at radius 2 is 1.87 bits per heavy atom. The van der Waals surface area contributed by atoms with Crippen molar-refractivity contribution in [2.24, 2.45) is 0 Å². The van der Waals surface area contributed by atoms with Crippen LogP contribution < -0.4 is 20.3 Å². The van der Waals surface area contributed by atoms with Gasteiger partial charge in [0.25, 0.3) is 5.56 Å². The Kier molecular flexibility index (Phi) is 5.74. The number of rotatable bonds is 5. The number of fused-ring (bicyclic) bond motifs is 1. The second kappa shape index (κ2) is 8.77. The maximum absolute atomic E-state index is 13.7. The molecule has 1 N–H and O–H groups in total. The number of carbonyl (C=O) groups is 1. The van der Waals surface area contributed by atoms with Crippen molar-refractivity contribution in [3.63, 3.8) is 0 Å². The Morgan fingerprint density at radius 1 is 1.07 bits per heavy atom. The van der Waals surface area contributed by atoms with Gasteiger partial charge in [-0.15, -0.1) is 0 Å². The van der Waals surface area contributed by atoms with Crippen LogP contribution in [0.15, 0.2) is 59.4 Å². The zero-order chi connectivity index (χ0) is 20.9. The summed E-state index contributed by atoms with van der Waals surface area (Å²) in [4.78, 5) is 24.4. The maximum atomic E-state index is 13.7. The third-order valence-corrected chi connectivity index (χ3v) is 4.64. The highest BCUT2D eigenvalue weighted by Crippen LogP contribution is 2.33. The Hall–Kier alpha value is -3.68. The minimum absolute atomic E-state index is 0.0299. The van der Waals surface area contributed by atoms with Gasteiger partial charge >= 0.3 is 0 Å². The van der Waals surface area contributed by atoms with Crippen LogP contribution in [0.25, 0.3) is 11.3 Å². The molecule has 0 bridgehead atoms. The highest BCUT2D eigenvalue weighted by Gasteiger charge is 2.13. The number of benzene rings is 2. The number of halogens is 1. The van der Waals surface area contributed by atoms with Crippen LogP contribution in [0, 0.1) is 5.82 Å². The first-order valence-electron chi connectivity index (χ1n) is 9.58. The fourth-order valence-electron chi connectivity index (χ4n) is 3.07. The number of nitrogens with zero attached hydrogens (tertiary/aromatic N) is 2. The molecule has 4 rings (SSSR count). The van der Waals surface area contributed by atoms with Crippen molar-refractivity contribution in [1.29, 1.82) is 0 Å². The lowest BCUT2D eigenvalue weighted by atomic mass is 10.1. The van der Waals surface area contributed by atoms with Crippen LogP contribution in [-0.2, 0) is 17.9 Å². The highest BCUT2D eigenvalue weighted by molar-refractivity contribution is 5.75. The summed E-state index contributed by atoms with van der Waals surface area (Å²) in [6.07, 6.45) is 0.801. The second-order valence-electron chi connectivity index (χ2n) is 6.79. The van der Waals surface area contributed by atoms with Crippen molar-refractivity contribution in [3.8, 4) is 22.8 Å². The van der Waals surface area contributed by atoms with E-state index in [1.165, 1.54) is 12.1 Å². The van der Waals surface area contributed by atoms with E-state index in [0.29, 0.717) is 36.0 Å². The molecule has 1 aliphatic rings. The maximum Gasteiger partial charge on any atom is 0.267 e. The number of nitrogens with one attached hydrogen (secondary N) is 1. The van der Waals surface area contributed by atoms with E-state index in [1.54, 1.807) is 36.4 Å². The van der Waals surface area contributed by atoms with E-state index < -0.39 is 17.3 Å². The van der Waals surface area contributed by atoms with E-state index in [2.05, 4.69) is 10.4 Å². The lowest BCUT2D eigenvalue weighted by Crippen LogP contribution is -2.33. The van der Waals surface area contributed by atoms with E-state index in [1.807, 2.05) is 6.07 Å². The van der Waals surface area contributed by atoms with Crippen molar-refractivity contribution >= 4 is 5.91 Å². The Morgan fingerprint density at radius 3 is 2.70 bits per heavy atom. The van der Waals surface area contributed by atoms with Crippen molar-refractivity contribution in [2.75, 3.05) is 13.2 Å². The zero-order valence-electron chi connectivity index (χ0n) is 16.1. The van der Waals surface area contributed by atoms with Crippen LogP contribution in [0.2, 0.25) is 0 Å². The molecular weight excluding hydrogens is 389 g/mol. The summed E-state index contributed by atoms with van der Waals surface area (Å²) in [7, 11) is 0. The fourth-order valence-corrected chi connectivity index (χ4v) is 3.07. The molecule has 1 aliphatic heterocycles. The van der Waals surface area contributed by atoms with Gasteiger partial charge in [-0.3, -0.25) is 9.59 Å². The molecule has 8 heteroatoms. The van der Waals surface area contributed by atoms with Gasteiger partial charge in [0.15, 0.2) is 11.5 Å². The van der Waals surface area contributed by atoms with E-state index in [0.717, 1.165) is 16.7 Å². The number of aromatic nitrogens is 2. The first-order chi connectivity index (χ1) is 14.6. The molecule has 7 nitrogen and oxygen atoms in total. The van der Waals surface area contributed by atoms with Gasteiger partial charge in [0, 0.05) is 30.2 Å². The molecule has 0 saturated carbocycles. The molecule has 0 atom stereocenters. The van der Waals surface area contributed by atoms with Crippen molar-refractivity contribution in [2.45, 2.75) is 19.5 Å². The Labute approximate surface area is 172 Å². The molecular formula is C22H20FN3O4. The quantitative estimate of drug-likeness (QED) is 0.700. The predicted octanol–water partition coefficient (Wildman–Crippen LogP) is 2.53. The smallest absolute Gasteiger partial charge is 0.267 e. The summed E-state index contributed by atoms with van der Waals surface area (Å²) in [5.41, 5.74) is 1.22. The van der Waals surface area contributed by atoms with Crippen LogP contribution in [0.5, 0.6) is 11.5 Å². The topological polar surface area (TPSA) is 82.5 Å². The monoisotopic (exact) mass is 409 g/mol. The van der Waals surface area contributed by atoms with Gasteiger partial charge in [0.2, 0.25) is 5.91 Å². The average molecular weight is 409 g/mol. The molecule has 0 aliphatic carbocycles. The van der Waals surface area contributed by atoms with Gasteiger partial charge in [0.1, 0.15) is 12.4 Å². The summed E-state index contributed by atoms with van der Waals surface area (Å²) in [5.74, 6) is 0.442. The molecule has 3 aromatic rings. The van der Waals surface area contributed by atoms with E-state index >= 15 is 0 Å². The summed E-state index contributed by atoms with van der Waals surface area (Å²) in [6, 6.07) is 14.6. The number of ether oxygens (including phenoxy) is 2. The first-order valence-corrected chi connectivity index (χ1v) is 9.58. The summed E-state index contributed by atoms with van der Waals surface area (Å²) >= 11 is 0. The van der Waals surface area contributed by atoms with Gasteiger partial charge in [-0.1, -0.05) is 18.2 Å². The van der Waals surface area contributed by atoms with Gasteiger partial charge in [-0.05, 0) is 30.3 Å². The number of hydrogen-bond acceptors (Lipinski definition) is 5. The SMILES string of the molecule is O=C(Cn1nc(-c2ccc3c(c2)OCCCO3)ccc1=O)NCc1ccccc1F. The molecule has 30 heavy (non-hydrogen) atoms. The summed E-state index contributed by atoms with van der Waals surface area (Å²) in [5, 5.41) is 6.91. The summed E-state index contributed by atoms with van der Waals surface area (Å²) < 4.78 is 26.1. The third kappa shape index (κ3) is 4.48. The Balaban J connectivity index is 1.49. The molecule has 2 heterocycles. The Bertz CT molecular complexity index is 1130. The lowest BCUT2D eigenvalue weighted by Gasteiger charge is -2.11. The van der Waals surface area contributed by atoms with E-state index in [-0.39, 0.29) is 13.1 Å². The molecule has 0 unspecified atom stereocenters. The van der Waals surface area contributed by atoms with Crippen LogP contribution in [0.1, 0.15) is 12.0 Å². The molecule has 0 saturated heterocycles. The van der Waals surface area contributed by atoms with Crippen molar-refractivity contribution in [1.82, 2.24) is 15.1 Å². The highest BCUT2D eigenvalue weighted by atomic mass is 19.1. The first kappa shape index (κ1) is 19.6. The number of amides is 1. The number of hydrogen-bond donors (Lipinski definition) is 1. The average Bonchev–Trinajstić information content (AvgIpc) is 2.99. The normalized spacial score (nSPS) is 12.8. The zero-order valence-corrected chi connectivity index (χ0v) is 16.1. The standard InChI is InChI=1S/C22H20FN3O4/c23-17-5-2-1-4-16(17)13-24-21(27)14-26-22(28)9-7-18(25-26)15-6-8-19-20(12-15)30-11-3-10-29-19/h1-2,4-9,12H,3,10-11,13-14H2,(H,24,27). The van der Waals surface area contributed by atoms with Crippen molar-refractivity contribution in [3.05, 3.63) is 76.3 Å². The fraction of sp³-hybridized carbons (Fsp3) is 0.227. The van der Waals surface area contributed by atoms with Gasteiger partial charge in [-0.25, -0.2) is 9.07 Å². The largest absolute Gasteiger partial charge is 0.490 e. The molecule has 0 radical (unpaired) electrons. The van der Waals surface area contributed by atoms with Crippen molar-refractivity contribution < 1.29 is 18.7 Å².